The minimum atomic E-state index is -0.712. The fourth-order valence-electron chi connectivity index (χ4n) is 7.12. The number of halogens is 1. The maximum atomic E-state index is 15.0. The van der Waals surface area contributed by atoms with Crippen LogP contribution in [0.1, 0.15) is 43.5 Å². The Kier molecular flexibility index (Phi) is 7.20. The second kappa shape index (κ2) is 11.0. The van der Waals surface area contributed by atoms with Crippen LogP contribution in [0.4, 0.5) is 11.4 Å². The zero-order valence-corrected chi connectivity index (χ0v) is 27.9. The van der Waals surface area contributed by atoms with Crippen molar-refractivity contribution in [3.05, 3.63) is 81.6 Å². The molecule has 2 amide bonds. The smallest absolute Gasteiger partial charge is 0.283 e. The number of aryl methyl sites for hydroxylation is 2. The van der Waals surface area contributed by atoms with Crippen LogP contribution in [-0.4, -0.2) is 73.4 Å². The lowest BCUT2D eigenvalue weighted by Gasteiger charge is -2.49. The molecule has 2 aliphatic rings. The number of aromatic amines is 1. The Balaban J connectivity index is 1.62. The lowest BCUT2D eigenvalue weighted by Crippen LogP contribution is -2.66. The van der Waals surface area contributed by atoms with E-state index < -0.39 is 11.6 Å². The summed E-state index contributed by atoms with van der Waals surface area (Å²) in [5.41, 5.74) is 6.68. The molecule has 2 atom stereocenters. The predicted molar refractivity (Wildman–Crippen MR) is 185 cm³/mol. The van der Waals surface area contributed by atoms with Gasteiger partial charge >= 0.3 is 0 Å². The highest BCUT2D eigenvalue weighted by Crippen LogP contribution is 2.44. The van der Waals surface area contributed by atoms with Crippen LogP contribution in [0.3, 0.4) is 0 Å². The monoisotopic (exact) mass is 650 g/mol. The summed E-state index contributed by atoms with van der Waals surface area (Å²) in [7, 11) is 1.61. The SMILES string of the molecule is C=CC(=O)N1CC2C(=O)N(C)c3c(c4cc(Cl)c(-c5c(C)ccc6[nH]cnc56)nc4n(-c4c(C)ccnc4C(C)C)c3=O)N2CC1C. The third kappa shape index (κ3) is 4.47. The van der Waals surface area contributed by atoms with E-state index in [-0.39, 0.29) is 36.0 Å². The second-order valence-electron chi connectivity index (χ2n) is 12.7. The van der Waals surface area contributed by atoms with Gasteiger partial charge in [-0.2, -0.15) is 0 Å². The fraction of sp³-hybridized carbons (Fsp3) is 0.314. The van der Waals surface area contributed by atoms with Gasteiger partial charge in [-0.1, -0.05) is 38.1 Å². The molecule has 12 heteroatoms. The number of nitrogens with one attached hydrogen (secondary N) is 1. The number of pyridine rings is 3. The van der Waals surface area contributed by atoms with E-state index in [1.54, 1.807) is 29.0 Å². The number of carbonyl (C=O) groups excluding carboxylic acids is 2. The first-order chi connectivity index (χ1) is 22.4. The van der Waals surface area contributed by atoms with Crippen molar-refractivity contribution in [2.24, 2.45) is 0 Å². The number of carbonyl (C=O) groups is 2. The molecule has 2 unspecified atom stereocenters. The Bertz CT molecular complexity index is 2220. The molecule has 1 fully saturated rings. The number of imidazole rings is 1. The van der Waals surface area contributed by atoms with Crippen molar-refractivity contribution in [1.29, 1.82) is 0 Å². The molecule has 0 bridgehead atoms. The number of aromatic nitrogens is 5. The summed E-state index contributed by atoms with van der Waals surface area (Å²) in [5, 5.41) is 0.985. The molecule has 2 aliphatic heterocycles. The molecule has 5 aromatic rings. The molecule has 1 aromatic carbocycles. The quantitative estimate of drug-likeness (QED) is 0.263. The van der Waals surface area contributed by atoms with Gasteiger partial charge in [0, 0.05) is 36.8 Å². The van der Waals surface area contributed by atoms with Crippen LogP contribution >= 0.6 is 11.6 Å². The number of likely N-dealkylation sites (N-methyl/N-ethyl adjacent to an activating group) is 1. The highest BCUT2D eigenvalue weighted by molar-refractivity contribution is 6.34. The number of nitrogens with zero attached hydrogens (tertiary/aromatic N) is 7. The van der Waals surface area contributed by atoms with Crippen molar-refractivity contribution >= 4 is 56.9 Å². The van der Waals surface area contributed by atoms with Gasteiger partial charge in [0.2, 0.25) is 5.91 Å². The Hall–Kier alpha value is -5.03. The molecule has 4 aromatic heterocycles. The molecule has 240 valence electrons. The zero-order chi connectivity index (χ0) is 33.5. The lowest BCUT2D eigenvalue weighted by atomic mass is 9.97. The second-order valence-corrected chi connectivity index (χ2v) is 13.1. The van der Waals surface area contributed by atoms with Crippen molar-refractivity contribution in [3.63, 3.8) is 0 Å². The van der Waals surface area contributed by atoms with Crippen LogP contribution in [0.2, 0.25) is 5.02 Å². The van der Waals surface area contributed by atoms with Crippen LogP contribution in [0.5, 0.6) is 0 Å². The standard InChI is InChI=1S/C35H35ClN8O3/c1-8-25(45)42-15-24-34(46)41(7)32-31(43(24)14-20(42)6)21-13-22(36)28(26-18(4)9-10-23-29(26)39-16-38-23)40-33(21)44(35(32)47)30-19(5)11-12-37-27(30)17(2)3/h8-13,16-17,20,24H,1,14-15H2,2-7H3,(H,38,39). The number of hydrogen-bond acceptors (Lipinski definition) is 7. The minimum absolute atomic E-state index is 0.0187. The summed E-state index contributed by atoms with van der Waals surface area (Å²) >= 11 is 7.16. The molecule has 7 rings (SSSR count). The number of benzene rings is 1. The van der Waals surface area contributed by atoms with E-state index in [4.69, 9.17) is 21.6 Å². The number of fused-ring (bicyclic) bond motifs is 6. The van der Waals surface area contributed by atoms with Gasteiger partial charge in [-0.05, 0) is 62.1 Å². The van der Waals surface area contributed by atoms with Gasteiger partial charge in [0.25, 0.3) is 11.5 Å². The number of amides is 2. The van der Waals surface area contributed by atoms with Crippen molar-refractivity contribution in [2.75, 3.05) is 29.9 Å². The van der Waals surface area contributed by atoms with E-state index in [2.05, 4.69) is 16.5 Å². The molecule has 1 saturated heterocycles. The van der Waals surface area contributed by atoms with E-state index >= 15 is 4.79 Å². The van der Waals surface area contributed by atoms with Crippen molar-refractivity contribution in [1.82, 2.24) is 29.4 Å². The molecule has 47 heavy (non-hydrogen) atoms. The Morgan fingerprint density at radius 3 is 2.57 bits per heavy atom. The first kappa shape index (κ1) is 30.6. The van der Waals surface area contributed by atoms with Crippen LogP contribution < -0.4 is 15.4 Å². The molecule has 0 saturated carbocycles. The topological polar surface area (TPSA) is 120 Å². The van der Waals surface area contributed by atoms with Crippen LogP contribution in [0.15, 0.2) is 54.2 Å². The van der Waals surface area contributed by atoms with Gasteiger partial charge in [0.1, 0.15) is 17.4 Å². The third-order valence-electron chi connectivity index (χ3n) is 9.45. The zero-order valence-electron chi connectivity index (χ0n) is 27.1. The molecule has 1 N–H and O–H groups in total. The molecule has 11 nitrogen and oxygen atoms in total. The fourth-order valence-corrected chi connectivity index (χ4v) is 7.36. The maximum Gasteiger partial charge on any atom is 0.283 e. The van der Waals surface area contributed by atoms with E-state index in [0.717, 1.165) is 27.9 Å². The molecule has 0 radical (unpaired) electrons. The average Bonchev–Trinajstić information content (AvgIpc) is 3.52. The first-order valence-corrected chi connectivity index (χ1v) is 16.0. The number of piperazine rings is 1. The van der Waals surface area contributed by atoms with Gasteiger partial charge < -0.3 is 19.7 Å². The van der Waals surface area contributed by atoms with Crippen LogP contribution in [0.25, 0.3) is 39.0 Å². The maximum absolute atomic E-state index is 15.0. The summed E-state index contributed by atoms with van der Waals surface area (Å²) in [6.07, 6.45) is 4.64. The summed E-state index contributed by atoms with van der Waals surface area (Å²) in [5.74, 6) is -0.545. The molecule has 0 aliphatic carbocycles. The van der Waals surface area contributed by atoms with Gasteiger partial charge in [-0.25, -0.2) is 9.97 Å². The lowest BCUT2D eigenvalue weighted by molar-refractivity contribution is -0.130. The molecule has 0 spiro atoms. The van der Waals surface area contributed by atoms with Crippen molar-refractivity contribution < 1.29 is 9.59 Å². The molecular formula is C35H35ClN8O3. The van der Waals surface area contributed by atoms with Gasteiger partial charge in [0.15, 0.2) is 0 Å². The summed E-state index contributed by atoms with van der Waals surface area (Å²) < 4.78 is 1.59. The largest absolute Gasteiger partial charge is 0.354 e. The average molecular weight is 651 g/mol. The van der Waals surface area contributed by atoms with E-state index in [1.807, 2.05) is 63.8 Å². The van der Waals surface area contributed by atoms with Crippen LogP contribution in [-0.2, 0) is 9.59 Å². The van der Waals surface area contributed by atoms with Crippen molar-refractivity contribution in [2.45, 2.75) is 52.6 Å². The minimum Gasteiger partial charge on any atom is -0.354 e. The molecular weight excluding hydrogens is 616 g/mol. The van der Waals surface area contributed by atoms with E-state index in [0.29, 0.717) is 45.2 Å². The predicted octanol–water partition coefficient (Wildman–Crippen LogP) is 5.29. The highest BCUT2D eigenvalue weighted by atomic mass is 35.5. The number of H-pyrrole nitrogens is 1. The third-order valence-corrected chi connectivity index (χ3v) is 9.74. The number of anilines is 2. The summed E-state index contributed by atoms with van der Waals surface area (Å²) in [6, 6.07) is 6.68. The Morgan fingerprint density at radius 2 is 1.85 bits per heavy atom. The number of rotatable bonds is 4. The van der Waals surface area contributed by atoms with Gasteiger partial charge in [-0.3, -0.25) is 23.9 Å². The highest BCUT2D eigenvalue weighted by Gasteiger charge is 2.46. The molecule has 6 heterocycles. The van der Waals surface area contributed by atoms with E-state index in [1.165, 1.54) is 11.0 Å². The Labute approximate surface area is 276 Å². The van der Waals surface area contributed by atoms with Gasteiger partial charge in [0.05, 0.1) is 51.7 Å². The summed E-state index contributed by atoms with van der Waals surface area (Å²) in [6.45, 7) is 14.0. The summed E-state index contributed by atoms with van der Waals surface area (Å²) in [4.78, 5) is 64.5. The van der Waals surface area contributed by atoms with E-state index in [9.17, 15) is 9.59 Å². The normalized spacial score (nSPS) is 17.9. The van der Waals surface area contributed by atoms with Crippen molar-refractivity contribution in [3.8, 4) is 16.9 Å². The first-order valence-electron chi connectivity index (χ1n) is 15.6. The number of hydrogen-bond donors (Lipinski definition) is 1. The Morgan fingerprint density at radius 1 is 1.09 bits per heavy atom. The van der Waals surface area contributed by atoms with Gasteiger partial charge in [-0.15, -0.1) is 0 Å². The van der Waals surface area contributed by atoms with Crippen LogP contribution in [0, 0.1) is 13.8 Å².